The summed E-state index contributed by atoms with van der Waals surface area (Å²) in [6, 6.07) is 10.1. The number of carbonyl (C=O) groups excluding carboxylic acids is 2. The van der Waals surface area contributed by atoms with Gasteiger partial charge < -0.3 is 14.5 Å². The molecule has 3 aromatic rings. The van der Waals surface area contributed by atoms with Gasteiger partial charge in [-0.15, -0.1) is 11.3 Å². The van der Waals surface area contributed by atoms with Gasteiger partial charge in [0, 0.05) is 21.5 Å². The van der Waals surface area contributed by atoms with Crippen molar-refractivity contribution in [2.45, 2.75) is 13.8 Å². The maximum absolute atomic E-state index is 12.5. The van der Waals surface area contributed by atoms with Gasteiger partial charge in [-0.25, -0.2) is 4.79 Å². The van der Waals surface area contributed by atoms with Gasteiger partial charge >= 0.3 is 5.97 Å². The highest BCUT2D eigenvalue weighted by molar-refractivity contribution is 7.15. The number of esters is 1. The SMILES string of the molecule is CCOC(=O)c1c(-c2ccc(C)o2)csc1NC(=O)c1ccc(Cl)cc1. The summed E-state index contributed by atoms with van der Waals surface area (Å²) in [5.41, 5.74) is 1.31. The highest BCUT2D eigenvalue weighted by Crippen LogP contribution is 2.37. The van der Waals surface area contributed by atoms with E-state index in [0.29, 0.717) is 26.9 Å². The van der Waals surface area contributed by atoms with Crippen molar-refractivity contribution in [3.05, 3.63) is 63.7 Å². The molecule has 1 aromatic carbocycles. The zero-order valence-corrected chi connectivity index (χ0v) is 15.7. The lowest BCUT2D eigenvalue weighted by atomic mass is 10.1. The summed E-state index contributed by atoms with van der Waals surface area (Å²) in [6.07, 6.45) is 0. The molecule has 5 nitrogen and oxygen atoms in total. The Morgan fingerprint density at radius 2 is 1.92 bits per heavy atom. The van der Waals surface area contributed by atoms with Crippen molar-refractivity contribution in [3.63, 3.8) is 0 Å². The zero-order chi connectivity index (χ0) is 18.7. The maximum Gasteiger partial charge on any atom is 0.341 e. The van der Waals surface area contributed by atoms with Crippen molar-refractivity contribution in [2.24, 2.45) is 0 Å². The molecule has 134 valence electrons. The van der Waals surface area contributed by atoms with Crippen LogP contribution in [-0.4, -0.2) is 18.5 Å². The lowest BCUT2D eigenvalue weighted by molar-refractivity contribution is 0.0529. The summed E-state index contributed by atoms with van der Waals surface area (Å²) >= 11 is 7.09. The average molecular weight is 390 g/mol. The number of furan rings is 1. The standard InChI is InChI=1S/C19H16ClNO4S/c1-3-24-19(23)16-14(15-9-4-11(2)25-15)10-26-18(16)21-17(22)12-5-7-13(20)8-6-12/h4-10H,3H2,1-2H3,(H,21,22). The Hall–Kier alpha value is -2.57. The zero-order valence-electron chi connectivity index (χ0n) is 14.2. The lowest BCUT2D eigenvalue weighted by Crippen LogP contribution is -2.14. The number of carbonyl (C=O) groups is 2. The smallest absolute Gasteiger partial charge is 0.341 e. The van der Waals surface area contributed by atoms with E-state index in [9.17, 15) is 9.59 Å². The Bertz CT molecular complexity index is 943. The van der Waals surface area contributed by atoms with Gasteiger partial charge in [-0.3, -0.25) is 4.79 Å². The number of thiophene rings is 1. The van der Waals surface area contributed by atoms with Gasteiger partial charge in [-0.2, -0.15) is 0 Å². The first-order chi connectivity index (χ1) is 12.5. The quantitative estimate of drug-likeness (QED) is 0.593. The molecule has 0 radical (unpaired) electrons. The molecule has 2 heterocycles. The molecule has 0 aliphatic carbocycles. The topological polar surface area (TPSA) is 68.5 Å². The molecule has 2 aromatic heterocycles. The number of hydrogen-bond acceptors (Lipinski definition) is 5. The minimum Gasteiger partial charge on any atom is -0.462 e. The molecule has 0 spiro atoms. The molecular formula is C19H16ClNO4S. The Morgan fingerprint density at radius 3 is 2.54 bits per heavy atom. The molecule has 0 unspecified atom stereocenters. The molecule has 0 saturated carbocycles. The molecule has 0 atom stereocenters. The molecule has 0 aliphatic heterocycles. The molecule has 3 rings (SSSR count). The fourth-order valence-electron chi connectivity index (χ4n) is 2.39. The Kier molecular flexibility index (Phi) is 5.44. The molecule has 0 aliphatic rings. The third-order valence-corrected chi connectivity index (χ3v) is 4.76. The number of rotatable bonds is 5. The summed E-state index contributed by atoms with van der Waals surface area (Å²) in [7, 11) is 0. The monoisotopic (exact) mass is 389 g/mol. The van der Waals surface area contributed by atoms with Crippen LogP contribution < -0.4 is 5.32 Å². The second-order valence-electron chi connectivity index (χ2n) is 5.45. The molecule has 1 amide bonds. The summed E-state index contributed by atoms with van der Waals surface area (Å²) in [6.45, 7) is 3.78. The second-order valence-corrected chi connectivity index (χ2v) is 6.76. The lowest BCUT2D eigenvalue weighted by Gasteiger charge is -2.08. The fourth-order valence-corrected chi connectivity index (χ4v) is 3.45. The number of hydrogen-bond donors (Lipinski definition) is 1. The van der Waals surface area contributed by atoms with E-state index in [1.807, 2.05) is 13.0 Å². The summed E-state index contributed by atoms with van der Waals surface area (Å²) in [5, 5.41) is 5.49. The number of nitrogens with one attached hydrogen (secondary N) is 1. The molecule has 7 heteroatoms. The number of benzene rings is 1. The third-order valence-electron chi connectivity index (χ3n) is 3.61. The van der Waals surface area contributed by atoms with Gasteiger partial charge in [0.05, 0.1) is 6.61 Å². The van der Waals surface area contributed by atoms with Gasteiger partial charge in [0.25, 0.3) is 5.91 Å². The number of amides is 1. The maximum atomic E-state index is 12.5. The van der Waals surface area contributed by atoms with Crippen LogP contribution in [0.2, 0.25) is 5.02 Å². The summed E-state index contributed by atoms with van der Waals surface area (Å²) in [4.78, 5) is 24.9. The number of ether oxygens (including phenoxy) is 1. The molecule has 0 bridgehead atoms. The van der Waals surface area contributed by atoms with Crippen LogP contribution >= 0.6 is 22.9 Å². The normalized spacial score (nSPS) is 10.6. The molecule has 0 fully saturated rings. The highest BCUT2D eigenvalue weighted by Gasteiger charge is 2.24. The first kappa shape index (κ1) is 18.2. The fraction of sp³-hybridized carbons (Fsp3) is 0.158. The highest BCUT2D eigenvalue weighted by atomic mass is 35.5. The van der Waals surface area contributed by atoms with Crippen LogP contribution in [0.5, 0.6) is 0 Å². The number of halogens is 1. The Balaban J connectivity index is 1.96. The molecule has 0 saturated heterocycles. The van der Waals surface area contributed by atoms with E-state index < -0.39 is 5.97 Å². The predicted molar refractivity (Wildman–Crippen MR) is 102 cm³/mol. The number of anilines is 1. The largest absolute Gasteiger partial charge is 0.462 e. The van der Waals surface area contributed by atoms with Gasteiger partial charge in [-0.1, -0.05) is 11.6 Å². The van der Waals surface area contributed by atoms with E-state index in [-0.39, 0.29) is 18.1 Å². The van der Waals surface area contributed by atoms with Crippen LogP contribution in [0.15, 0.2) is 46.2 Å². The van der Waals surface area contributed by atoms with E-state index in [0.717, 1.165) is 5.76 Å². The van der Waals surface area contributed by atoms with Crippen molar-refractivity contribution in [1.29, 1.82) is 0 Å². The average Bonchev–Trinajstić information content (AvgIpc) is 3.21. The van der Waals surface area contributed by atoms with Gasteiger partial charge in [0.15, 0.2) is 0 Å². The first-order valence-electron chi connectivity index (χ1n) is 7.92. The van der Waals surface area contributed by atoms with Gasteiger partial charge in [-0.05, 0) is 50.2 Å². The van der Waals surface area contributed by atoms with Crippen LogP contribution in [0.1, 0.15) is 33.4 Å². The van der Waals surface area contributed by atoms with Crippen LogP contribution in [-0.2, 0) is 4.74 Å². The van der Waals surface area contributed by atoms with E-state index in [1.54, 1.807) is 42.6 Å². The predicted octanol–water partition coefficient (Wildman–Crippen LogP) is 5.40. The molecular weight excluding hydrogens is 374 g/mol. The van der Waals surface area contributed by atoms with Crippen LogP contribution in [0, 0.1) is 6.92 Å². The first-order valence-corrected chi connectivity index (χ1v) is 9.17. The van der Waals surface area contributed by atoms with Crippen LogP contribution in [0.25, 0.3) is 11.3 Å². The molecule has 1 N–H and O–H groups in total. The van der Waals surface area contributed by atoms with E-state index in [1.165, 1.54) is 11.3 Å². The Labute approximate surface area is 159 Å². The van der Waals surface area contributed by atoms with Crippen molar-refractivity contribution < 1.29 is 18.7 Å². The van der Waals surface area contributed by atoms with E-state index in [2.05, 4.69) is 5.32 Å². The summed E-state index contributed by atoms with van der Waals surface area (Å²) < 4.78 is 10.8. The minimum atomic E-state index is -0.510. The van der Waals surface area contributed by atoms with Crippen molar-refractivity contribution in [1.82, 2.24) is 0 Å². The third kappa shape index (κ3) is 3.81. The summed E-state index contributed by atoms with van der Waals surface area (Å²) in [5.74, 6) is 0.432. The van der Waals surface area contributed by atoms with Crippen LogP contribution in [0.4, 0.5) is 5.00 Å². The van der Waals surface area contributed by atoms with Gasteiger partial charge in [0.1, 0.15) is 22.1 Å². The van der Waals surface area contributed by atoms with Gasteiger partial charge in [0.2, 0.25) is 0 Å². The van der Waals surface area contributed by atoms with Crippen molar-refractivity contribution in [3.8, 4) is 11.3 Å². The number of aryl methyl sites for hydroxylation is 1. The Morgan fingerprint density at radius 1 is 1.19 bits per heavy atom. The van der Waals surface area contributed by atoms with E-state index in [4.69, 9.17) is 20.8 Å². The van der Waals surface area contributed by atoms with Crippen molar-refractivity contribution in [2.75, 3.05) is 11.9 Å². The van der Waals surface area contributed by atoms with Crippen LogP contribution in [0.3, 0.4) is 0 Å². The minimum absolute atomic E-state index is 0.232. The van der Waals surface area contributed by atoms with Crippen molar-refractivity contribution >= 4 is 39.8 Å². The molecule has 26 heavy (non-hydrogen) atoms. The van der Waals surface area contributed by atoms with E-state index >= 15 is 0 Å². The second kappa shape index (κ2) is 7.76.